The van der Waals surface area contributed by atoms with Crippen molar-refractivity contribution in [2.45, 2.75) is 25.7 Å². The minimum atomic E-state index is -5.10. The molecule has 248 valence electrons. The van der Waals surface area contributed by atoms with Crippen LogP contribution < -0.4 is 19.6 Å². The van der Waals surface area contributed by atoms with Gasteiger partial charge in [0.25, 0.3) is 11.2 Å². The van der Waals surface area contributed by atoms with Crippen LogP contribution in [0.1, 0.15) is 29.7 Å². The number of thiazole rings is 1. The predicted octanol–water partition coefficient (Wildman–Crippen LogP) is 6.15. The highest BCUT2D eigenvalue weighted by Gasteiger charge is 2.45. The van der Waals surface area contributed by atoms with Gasteiger partial charge in [0, 0.05) is 23.2 Å². The molecule has 0 bridgehead atoms. The number of carbonyl (C=O) groups excluding carboxylic acids is 1. The van der Waals surface area contributed by atoms with Crippen LogP contribution in [0.4, 0.5) is 24.5 Å². The van der Waals surface area contributed by atoms with Crippen LogP contribution >= 0.6 is 38.9 Å². The summed E-state index contributed by atoms with van der Waals surface area (Å²) in [5.41, 5.74) is -3.16. The molecule has 0 fully saturated rings. The van der Waals surface area contributed by atoms with Gasteiger partial charge in [-0.25, -0.2) is 9.79 Å². The van der Waals surface area contributed by atoms with Gasteiger partial charge in [-0.1, -0.05) is 35.1 Å². The lowest BCUT2D eigenvalue weighted by Gasteiger charge is -2.26. The van der Waals surface area contributed by atoms with Crippen LogP contribution in [-0.4, -0.2) is 33.2 Å². The molecule has 0 aliphatic carbocycles. The van der Waals surface area contributed by atoms with Crippen LogP contribution in [0.5, 0.6) is 5.75 Å². The zero-order valence-electron chi connectivity index (χ0n) is 24.2. The van der Waals surface area contributed by atoms with Crippen molar-refractivity contribution in [3.8, 4) is 5.75 Å². The molecule has 0 N–H and O–H groups in total. The zero-order valence-corrected chi connectivity index (χ0v) is 27.4. The van der Waals surface area contributed by atoms with E-state index in [0.29, 0.717) is 16.9 Å². The number of alkyl halides is 3. The molecule has 4 aromatic rings. The molecule has 1 aromatic heterocycles. The fourth-order valence-corrected chi connectivity index (χ4v) is 6.49. The van der Waals surface area contributed by atoms with E-state index in [4.69, 9.17) is 21.1 Å². The lowest BCUT2D eigenvalue weighted by Crippen LogP contribution is -2.41. The molecule has 0 unspecified atom stereocenters. The van der Waals surface area contributed by atoms with E-state index in [1.165, 1.54) is 67.6 Å². The van der Waals surface area contributed by atoms with E-state index in [-0.39, 0.29) is 54.6 Å². The number of ether oxygens (including phenoxy) is 2. The van der Waals surface area contributed by atoms with Crippen LogP contribution in [0.3, 0.4) is 0 Å². The first kappa shape index (κ1) is 34.5. The number of rotatable bonds is 9. The molecular weight excluding hydrogens is 749 g/mol. The summed E-state index contributed by atoms with van der Waals surface area (Å²) in [5, 5.41) is 23.2. The third-order valence-electron chi connectivity index (χ3n) is 6.85. The number of allylic oxidation sites excluding steroid dienone is 1. The number of fused-ring (bicyclic) bond motifs is 1. The van der Waals surface area contributed by atoms with Crippen molar-refractivity contribution in [1.29, 1.82) is 0 Å². The van der Waals surface area contributed by atoms with Crippen molar-refractivity contribution in [1.82, 2.24) is 4.57 Å². The van der Waals surface area contributed by atoms with Crippen LogP contribution in [0.2, 0.25) is 5.02 Å². The van der Waals surface area contributed by atoms with Gasteiger partial charge in [0.15, 0.2) is 10.5 Å². The van der Waals surface area contributed by atoms with Gasteiger partial charge in [-0.15, -0.1) is 0 Å². The molecule has 0 radical (unpaired) electrons. The van der Waals surface area contributed by atoms with Gasteiger partial charge in [-0.3, -0.25) is 29.6 Å². The predicted molar refractivity (Wildman–Crippen MR) is 170 cm³/mol. The molecule has 1 aliphatic rings. The molecule has 3 aromatic carbocycles. The molecule has 0 saturated carbocycles. The summed E-state index contributed by atoms with van der Waals surface area (Å²) in [5.74, 6) is -1.49. The third-order valence-corrected chi connectivity index (χ3v) is 8.68. The van der Waals surface area contributed by atoms with Crippen LogP contribution in [0, 0.1) is 20.2 Å². The number of aromatic nitrogens is 1. The number of esters is 1. The zero-order chi connectivity index (χ0) is 34.9. The van der Waals surface area contributed by atoms with Crippen molar-refractivity contribution in [3.63, 3.8) is 0 Å². The average molecular weight is 768 g/mol. The second-order valence-electron chi connectivity index (χ2n) is 9.94. The number of nitro benzene ring substituents is 2. The van der Waals surface area contributed by atoms with E-state index in [0.717, 1.165) is 10.6 Å². The van der Waals surface area contributed by atoms with Gasteiger partial charge < -0.3 is 9.47 Å². The van der Waals surface area contributed by atoms with E-state index in [1.54, 1.807) is 0 Å². The number of hydrogen-bond acceptors (Lipinski definition) is 10. The lowest BCUT2D eigenvalue weighted by atomic mass is 9.95. The number of halogens is 5. The summed E-state index contributed by atoms with van der Waals surface area (Å²) < 4.78 is 54.5. The molecule has 18 heteroatoms. The van der Waals surface area contributed by atoms with Gasteiger partial charge in [-0.2, -0.15) is 13.2 Å². The molecule has 0 saturated heterocycles. The summed E-state index contributed by atoms with van der Waals surface area (Å²) in [4.78, 5) is 51.7. The maximum absolute atomic E-state index is 14.3. The Morgan fingerprint density at radius 2 is 1.77 bits per heavy atom. The van der Waals surface area contributed by atoms with E-state index in [2.05, 4.69) is 20.9 Å². The molecular formula is C30H19BrClF3N4O8S. The maximum atomic E-state index is 14.3. The van der Waals surface area contributed by atoms with Crippen molar-refractivity contribution in [2.75, 3.05) is 6.61 Å². The second-order valence-corrected chi connectivity index (χ2v) is 12.2. The number of hydrogen-bond donors (Lipinski definition) is 0. The van der Waals surface area contributed by atoms with E-state index < -0.39 is 50.6 Å². The van der Waals surface area contributed by atoms with E-state index in [9.17, 15) is 43.0 Å². The number of benzene rings is 3. The van der Waals surface area contributed by atoms with Crippen LogP contribution in [0.25, 0.3) is 6.08 Å². The minimum Gasteiger partial charge on any atom is -0.481 e. The average Bonchev–Trinajstić information content (AvgIpc) is 3.33. The van der Waals surface area contributed by atoms with Crippen molar-refractivity contribution in [3.05, 3.63) is 138 Å². The van der Waals surface area contributed by atoms with Gasteiger partial charge in [0.1, 0.15) is 6.61 Å². The Morgan fingerprint density at radius 3 is 2.35 bits per heavy atom. The Balaban J connectivity index is 1.62. The molecule has 0 amide bonds. The third kappa shape index (κ3) is 7.02. The topological polar surface area (TPSA) is 156 Å². The molecule has 1 aliphatic heterocycles. The Labute approximate surface area is 284 Å². The first-order chi connectivity index (χ1) is 22.7. The summed E-state index contributed by atoms with van der Waals surface area (Å²) in [6.45, 7) is 0.998. The quantitative estimate of drug-likeness (QED) is 0.112. The van der Waals surface area contributed by atoms with Crippen molar-refractivity contribution in [2.24, 2.45) is 4.99 Å². The van der Waals surface area contributed by atoms with Gasteiger partial charge in [0.05, 0.1) is 37.1 Å². The SMILES string of the molecule is CCOC(=O)C1=C(C(F)(F)F)N=c2s/c(=C\c3cc(Br)c(OCc4ccc([N+](=O)[O-])cc4)c([N+](=O)[O-])c3)c(=O)n2[C@H]1c1ccc(Cl)cc1. The number of carbonyl (C=O) groups is 1. The highest BCUT2D eigenvalue weighted by atomic mass is 79.9. The maximum Gasteiger partial charge on any atom is 0.434 e. The van der Waals surface area contributed by atoms with E-state index in [1.807, 2.05) is 0 Å². The van der Waals surface area contributed by atoms with Gasteiger partial charge in [0.2, 0.25) is 5.75 Å². The number of nitro groups is 2. The van der Waals surface area contributed by atoms with Crippen LogP contribution in [0.15, 0.2) is 86.2 Å². The Bertz CT molecular complexity index is 2170. The molecule has 48 heavy (non-hydrogen) atoms. The normalized spacial score (nSPS) is 14.7. The van der Waals surface area contributed by atoms with Crippen LogP contribution in [-0.2, 0) is 16.1 Å². The van der Waals surface area contributed by atoms with Gasteiger partial charge in [-0.05, 0) is 76.0 Å². The molecule has 5 rings (SSSR count). The molecule has 2 heterocycles. The van der Waals surface area contributed by atoms with Gasteiger partial charge >= 0.3 is 17.8 Å². The highest BCUT2D eigenvalue weighted by molar-refractivity contribution is 9.10. The highest BCUT2D eigenvalue weighted by Crippen LogP contribution is 2.39. The summed E-state index contributed by atoms with van der Waals surface area (Å²) in [7, 11) is 0. The fraction of sp³-hybridized carbons (Fsp3) is 0.167. The molecule has 1 atom stereocenters. The van der Waals surface area contributed by atoms with Crippen molar-refractivity contribution < 1.29 is 37.3 Å². The largest absolute Gasteiger partial charge is 0.481 e. The smallest absolute Gasteiger partial charge is 0.434 e. The Kier molecular flexibility index (Phi) is 9.84. The number of non-ortho nitro benzene ring substituents is 1. The summed E-state index contributed by atoms with van der Waals surface area (Å²) in [6.07, 6.45) is -3.86. The van der Waals surface area contributed by atoms with Crippen molar-refractivity contribution >= 4 is 62.3 Å². The summed E-state index contributed by atoms with van der Waals surface area (Å²) >= 11 is 9.83. The number of nitrogens with zero attached hydrogens (tertiary/aromatic N) is 4. The second kappa shape index (κ2) is 13.7. The molecule has 0 spiro atoms. The minimum absolute atomic E-state index is 0.112. The summed E-state index contributed by atoms with van der Waals surface area (Å²) in [6, 6.07) is 11.8. The first-order valence-corrected chi connectivity index (χ1v) is 15.6. The Morgan fingerprint density at radius 1 is 1.10 bits per heavy atom. The Hall–Kier alpha value is -4.87. The molecule has 12 nitrogen and oxygen atoms in total. The van der Waals surface area contributed by atoms with E-state index >= 15 is 0 Å². The fourth-order valence-electron chi connectivity index (χ4n) is 4.78. The monoisotopic (exact) mass is 766 g/mol. The lowest BCUT2D eigenvalue weighted by molar-refractivity contribution is -0.386. The first-order valence-electron chi connectivity index (χ1n) is 13.6. The standard InChI is InChI=1S/C30H19BrClF3N4O8S/c1-2-46-28(41)23-24(17-5-7-18(32)8-6-17)37-27(40)22(48-29(37)36-26(23)30(33,34)35)13-16-11-20(31)25(21(12-16)39(44)45)47-14-15-3-9-19(10-4-15)38(42)43/h3-13,24H,2,14H2,1H3/b22-13-/t24-/m0/s1.